The van der Waals surface area contributed by atoms with Crippen molar-refractivity contribution >= 4 is 0 Å². The van der Waals surface area contributed by atoms with Crippen molar-refractivity contribution in [1.82, 2.24) is 30.4 Å². The average Bonchev–Trinajstić information content (AvgIpc) is 3.17. The highest BCUT2D eigenvalue weighted by molar-refractivity contribution is 5.30. The Morgan fingerprint density at radius 1 is 1.35 bits per heavy atom. The number of nitrogens with zero attached hydrogens (tertiary/aromatic N) is 5. The maximum Gasteiger partial charge on any atom is 0.170 e. The van der Waals surface area contributed by atoms with Crippen molar-refractivity contribution in [2.24, 2.45) is 0 Å². The summed E-state index contributed by atoms with van der Waals surface area (Å²) in [5, 5.41) is 15.6. The Hall–Kier alpha value is -1.79. The Morgan fingerprint density at radius 2 is 2.20 bits per heavy atom. The zero-order chi connectivity index (χ0) is 13.8. The molecule has 106 valence electrons. The van der Waals surface area contributed by atoms with Crippen molar-refractivity contribution in [2.45, 2.75) is 25.9 Å². The third kappa shape index (κ3) is 2.71. The number of tetrazole rings is 1. The van der Waals surface area contributed by atoms with E-state index >= 15 is 0 Å². The first-order valence-electron chi connectivity index (χ1n) is 7.16. The molecular formula is C14H20N6. The van der Waals surface area contributed by atoms with Crippen LogP contribution in [0.3, 0.4) is 0 Å². The van der Waals surface area contributed by atoms with Gasteiger partial charge in [-0.3, -0.25) is 4.90 Å². The van der Waals surface area contributed by atoms with Crippen LogP contribution >= 0.6 is 0 Å². The van der Waals surface area contributed by atoms with Gasteiger partial charge in [-0.25, -0.2) is 0 Å². The maximum absolute atomic E-state index is 4.19. The molecule has 2 heterocycles. The molecule has 2 aromatic rings. The van der Waals surface area contributed by atoms with Gasteiger partial charge in [0.05, 0.1) is 12.2 Å². The second-order valence-electron chi connectivity index (χ2n) is 5.05. The minimum atomic E-state index is 0.584. The monoisotopic (exact) mass is 272 g/mol. The van der Waals surface area contributed by atoms with Gasteiger partial charge in [0.1, 0.15) is 0 Å². The Kier molecular flexibility index (Phi) is 4.03. The van der Waals surface area contributed by atoms with Gasteiger partial charge < -0.3 is 5.32 Å². The third-order valence-corrected chi connectivity index (χ3v) is 3.84. The lowest BCUT2D eigenvalue weighted by molar-refractivity contribution is 0.203. The van der Waals surface area contributed by atoms with Crippen LogP contribution in [-0.4, -0.2) is 50.8 Å². The molecule has 0 radical (unpaired) electrons. The Morgan fingerprint density at radius 3 is 2.90 bits per heavy atom. The first-order chi connectivity index (χ1) is 9.88. The molecule has 6 heteroatoms. The van der Waals surface area contributed by atoms with Crippen LogP contribution in [0.2, 0.25) is 0 Å². The largest absolute Gasteiger partial charge is 0.315 e. The van der Waals surface area contributed by atoms with Crippen LogP contribution in [0.1, 0.15) is 19.2 Å². The van der Waals surface area contributed by atoms with Gasteiger partial charge >= 0.3 is 0 Å². The minimum absolute atomic E-state index is 0.584. The number of hydrogen-bond donors (Lipinski definition) is 1. The highest BCUT2D eigenvalue weighted by Gasteiger charge is 2.23. The third-order valence-electron chi connectivity index (χ3n) is 3.84. The number of benzene rings is 1. The van der Waals surface area contributed by atoms with Gasteiger partial charge in [0, 0.05) is 12.6 Å². The van der Waals surface area contributed by atoms with Crippen molar-refractivity contribution in [1.29, 1.82) is 0 Å². The fraction of sp³-hybridized carbons (Fsp3) is 0.500. The summed E-state index contributed by atoms with van der Waals surface area (Å²) in [7, 11) is 0. The molecule has 0 spiro atoms. The molecule has 1 aromatic heterocycles. The standard InChI is InChI=1S/C14H20N6/c1-2-19(13-8-9-15-10-13)11-14-16-17-18-20(14)12-6-4-3-5-7-12/h3-7,13,15H,2,8-11H2,1H3. The summed E-state index contributed by atoms with van der Waals surface area (Å²) in [6.45, 7) is 6.14. The van der Waals surface area contributed by atoms with Gasteiger partial charge in [-0.1, -0.05) is 25.1 Å². The summed E-state index contributed by atoms with van der Waals surface area (Å²) < 4.78 is 1.82. The van der Waals surface area contributed by atoms with E-state index < -0.39 is 0 Å². The molecule has 0 amide bonds. The van der Waals surface area contributed by atoms with Crippen LogP contribution < -0.4 is 5.32 Å². The smallest absolute Gasteiger partial charge is 0.170 e. The summed E-state index contributed by atoms with van der Waals surface area (Å²) in [6, 6.07) is 10.6. The highest BCUT2D eigenvalue weighted by Crippen LogP contribution is 2.13. The van der Waals surface area contributed by atoms with Crippen LogP contribution in [0.4, 0.5) is 0 Å². The molecule has 1 unspecified atom stereocenters. The molecule has 0 aliphatic carbocycles. The molecular weight excluding hydrogens is 252 g/mol. The lowest BCUT2D eigenvalue weighted by Gasteiger charge is -2.26. The van der Waals surface area contributed by atoms with Gasteiger partial charge in [-0.05, 0) is 42.1 Å². The van der Waals surface area contributed by atoms with Gasteiger partial charge in [0.25, 0.3) is 0 Å². The SMILES string of the molecule is CCN(Cc1nnnn1-c1ccccc1)C1CCNC1. The zero-order valence-corrected chi connectivity index (χ0v) is 11.7. The first kappa shape index (κ1) is 13.2. The molecule has 1 saturated heterocycles. The molecule has 0 bridgehead atoms. The summed E-state index contributed by atoms with van der Waals surface area (Å²) in [5.41, 5.74) is 1.01. The molecule has 1 N–H and O–H groups in total. The molecule has 20 heavy (non-hydrogen) atoms. The lowest BCUT2D eigenvalue weighted by Crippen LogP contribution is -2.37. The summed E-state index contributed by atoms with van der Waals surface area (Å²) >= 11 is 0. The Balaban J connectivity index is 1.79. The van der Waals surface area contributed by atoms with Crippen molar-refractivity contribution < 1.29 is 0 Å². The van der Waals surface area contributed by atoms with Crippen LogP contribution in [0, 0.1) is 0 Å². The van der Waals surface area contributed by atoms with Crippen LogP contribution in [0.25, 0.3) is 5.69 Å². The molecule has 1 aliphatic heterocycles. The first-order valence-corrected chi connectivity index (χ1v) is 7.16. The van der Waals surface area contributed by atoms with Crippen LogP contribution in [0.5, 0.6) is 0 Å². The minimum Gasteiger partial charge on any atom is -0.315 e. The number of hydrogen-bond acceptors (Lipinski definition) is 5. The molecule has 0 saturated carbocycles. The van der Waals surface area contributed by atoms with Crippen LogP contribution in [-0.2, 0) is 6.54 Å². The molecule has 3 rings (SSSR count). The summed E-state index contributed by atoms with van der Waals surface area (Å²) in [4.78, 5) is 2.44. The zero-order valence-electron chi connectivity index (χ0n) is 11.7. The van der Waals surface area contributed by atoms with E-state index in [1.54, 1.807) is 0 Å². The topological polar surface area (TPSA) is 58.9 Å². The van der Waals surface area contributed by atoms with E-state index in [0.29, 0.717) is 6.04 Å². The van der Waals surface area contributed by atoms with Crippen molar-refractivity contribution in [2.75, 3.05) is 19.6 Å². The predicted octanol–water partition coefficient (Wildman–Crippen LogP) is 0.846. The second kappa shape index (κ2) is 6.11. The number of rotatable bonds is 5. The van der Waals surface area contributed by atoms with E-state index in [0.717, 1.165) is 37.7 Å². The molecule has 6 nitrogen and oxygen atoms in total. The lowest BCUT2D eigenvalue weighted by atomic mass is 10.2. The van der Waals surface area contributed by atoms with Gasteiger partial charge in [0.15, 0.2) is 5.82 Å². The van der Waals surface area contributed by atoms with E-state index in [1.165, 1.54) is 6.42 Å². The predicted molar refractivity (Wildman–Crippen MR) is 76.5 cm³/mol. The van der Waals surface area contributed by atoms with Crippen molar-refractivity contribution in [3.8, 4) is 5.69 Å². The fourth-order valence-electron chi connectivity index (χ4n) is 2.71. The molecule has 1 aromatic carbocycles. The van der Waals surface area contributed by atoms with Gasteiger partial charge in [-0.15, -0.1) is 5.10 Å². The molecule has 1 fully saturated rings. The average molecular weight is 272 g/mol. The number of likely N-dealkylation sites (N-methyl/N-ethyl adjacent to an activating group) is 1. The van der Waals surface area contributed by atoms with E-state index in [4.69, 9.17) is 0 Å². The summed E-state index contributed by atoms with van der Waals surface area (Å²) in [5.74, 6) is 0.893. The van der Waals surface area contributed by atoms with Gasteiger partial charge in [0.2, 0.25) is 0 Å². The van der Waals surface area contributed by atoms with Crippen LogP contribution in [0.15, 0.2) is 30.3 Å². The number of nitrogens with one attached hydrogen (secondary N) is 1. The van der Waals surface area contributed by atoms with Crippen molar-refractivity contribution in [3.05, 3.63) is 36.2 Å². The highest BCUT2D eigenvalue weighted by atomic mass is 15.5. The molecule has 1 aliphatic rings. The number of para-hydroxylation sites is 1. The second-order valence-corrected chi connectivity index (χ2v) is 5.05. The Labute approximate surface area is 118 Å². The van der Waals surface area contributed by atoms with E-state index in [-0.39, 0.29) is 0 Å². The fourth-order valence-corrected chi connectivity index (χ4v) is 2.71. The number of aromatic nitrogens is 4. The van der Waals surface area contributed by atoms with E-state index in [2.05, 4.69) is 32.7 Å². The van der Waals surface area contributed by atoms with E-state index in [9.17, 15) is 0 Å². The maximum atomic E-state index is 4.19. The van der Waals surface area contributed by atoms with Gasteiger partial charge in [-0.2, -0.15) is 4.68 Å². The van der Waals surface area contributed by atoms with E-state index in [1.807, 2.05) is 35.0 Å². The Bertz CT molecular complexity index is 532. The summed E-state index contributed by atoms with van der Waals surface area (Å²) in [6.07, 6.45) is 1.20. The normalized spacial score (nSPS) is 18.8. The molecule has 1 atom stereocenters. The quantitative estimate of drug-likeness (QED) is 0.874. The van der Waals surface area contributed by atoms with Crippen molar-refractivity contribution in [3.63, 3.8) is 0 Å².